The SMILES string of the molecule is Cn1ccnc1SC(C)(C)C. The zero-order chi connectivity index (χ0) is 8.48. The van der Waals surface area contributed by atoms with E-state index in [1.54, 1.807) is 11.8 Å². The van der Waals surface area contributed by atoms with Crippen molar-refractivity contribution in [1.82, 2.24) is 9.55 Å². The minimum absolute atomic E-state index is 0.249. The summed E-state index contributed by atoms with van der Waals surface area (Å²) in [6.45, 7) is 6.56. The highest BCUT2D eigenvalue weighted by atomic mass is 32.2. The number of aromatic nitrogens is 2. The highest BCUT2D eigenvalue weighted by Crippen LogP contribution is 2.29. The predicted molar refractivity (Wildman–Crippen MR) is 48.8 cm³/mol. The minimum Gasteiger partial charge on any atom is -0.329 e. The van der Waals surface area contributed by atoms with E-state index < -0.39 is 0 Å². The van der Waals surface area contributed by atoms with Crippen molar-refractivity contribution in [3.8, 4) is 0 Å². The fraction of sp³-hybridized carbons (Fsp3) is 0.625. The highest BCUT2D eigenvalue weighted by molar-refractivity contribution is 8.00. The molecule has 0 aliphatic rings. The molecule has 0 bridgehead atoms. The molecular formula is C8H14N2S. The molecule has 1 aromatic heterocycles. The van der Waals surface area contributed by atoms with Gasteiger partial charge in [0.2, 0.25) is 0 Å². The maximum absolute atomic E-state index is 4.23. The lowest BCUT2D eigenvalue weighted by Crippen LogP contribution is -2.08. The van der Waals surface area contributed by atoms with Crippen molar-refractivity contribution in [1.29, 1.82) is 0 Å². The van der Waals surface area contributed by atoms with Crippen LogP contribution in [0.2, 0.25) is 0 Å². The quantitative estimate of drug-likeness (QED) is 0.602. The van der Waals surface area contributed by atoms with Gasteiger partial charge in [-0.1, -0.05) is 32.5 Å². The van der Waals surface area contributed by atoms with Gasteiger partial charge in [0.25, 0.3) is 0 Å². The average Bonchev–Trinajstić information content (AvgIpc) is 2.12. The summed E-state index contributed by atoms with van der Waals surface area (Å²) >= 11 is 1.79. The van der Waals surface area contributed by atoms with E-state index in [4.69, 9.17) is 0 Å². The van der Waals surface area contributed by atoms with Gasteiger partial charge in [0.05, 0.1) is 0 Å². The summed E-state index contributed by atoms with van der Waals surface area (Å²) in [6, 6.07) is 0. The Morgan fingerprint density at radius 3 is 2.45 bits per heavy atom. The van der Waals surface area contributed by atoms with Gasteiger partial charge in [0.15, 0.2) is 5.16 Å². The number of aryl methyl sites for hydroxylation is 1. The van der Waals surface area contributed by atoms with Crippen LogP contribution in [0.3, 0.4) is 0 Å². The van der Waals surface area contributed by atoms with Crippen LogP contribution in [0.25, 0.3) is 0 Å². The molecule has 0 aliphatic heterocycles. The van der Waals surface area contributed by atoms with Gasteiger partial charge < -0.3 is 4.57 Å². The van der Waals surface area contributed by atoms with Gasteiger partial charge in [-0.3, -0.25) is 0 Å². The molecule has 0 radical (unpaired) electrons. The Balaban J connectivity index is 2.72. The first-order valence-corrected chi connectivity index (χ1v) is 4.47. The fourth-order valence-corrected chi connectivity index (χ4v) is 1.59. The molecule has 3 heteroatoms. The van der Waals surface area contributed by atoms with Gasteiger partial charge in [0, 0.05) is 24.2 Å². The zero-order valence-corrected chi connectivity index (χ0v) is 8.27. The number of rotatable bonds is 1. The molecule has 62 valence electrons. The van der Waals surface area contributed by atoms with Crippen LogP contribution in [0.1, 0.15) is 20.8 Å². The Hall–Kier alpha value is -0.440. The van der Waals surface area contributed by atoms with Gasteiger partial charge in [0.1, 0.15) is 0 Å². The third kappa shape index (κ3) is 2.58. The van der Waals surface area contributed by atoms with Crippen LogP contribution in [-0.2, 0) is 7.05 Å². The summed E-state index contributed by atoms with van der Waals surface area (Å²) in [4.78, 5) is 4.23. The molecule has 0 spiro atoms. The first kappa shape index (κ1) is 8.65. The lowest BCUT2D eigenvalue weighted by molar-refractivity contribution is 0.753. The normalized spacial score (nSPS) is 12.0. The summed E-state index contributed by atoms with van der Waals surface area (Å²) in [5.41, 5.74) is 0. The molecule has 1 heterocycles. The van der Waals surface area contributed by atoms with Gasteiger partial charge in [-0.2, -0.15) is 0 Å². The molecule has 0 saturated carbocycles. The molecule has 0 aliphatic carbocycles. The van der Waals surface area contributed by atoms with E-state index in [1.165, 1.54) is 0 Å². The highest BCUT2D eigenvalue weighted by Gasteiger charge is 2.14. The van der Waals surface area contributed by atoms with E-state index >= 15 is 0 Å². The molecule has 1 aromatic rings. The van der Waals surface area contributed by atoms with Crippen LogP contribution < -0.4 is 0 Å². The zero-order valence-electron chi connectivity index (χ0n) is 7.46. The molecule has 0 aromatic carbocycles. The smallest absolute Gasteiger partial charge is 0.168 e. The minimum atomic E-state index is 0.249. The Morgan fingerprint density at radius 2 is 2.09 bits per heavy atom. The lowest BCUT2D eigenvalue weighted by Gasteiger charge is -2.16. The van der Waals surface area contributed by atoms with Crippen molar-refractivity contribution in [2.45, 2.75) is 30.7 Å². The van der Waals surface area contributed by atoms with E-state index in [-0.39, 0.29) is 4.75 Å². The molecule has 1 rings (SSSR count). The van der Waals surface area contributed by atoms with Crippen LogP contribution >= 0.6 is 11.8 Å². The van der Waals surface area contributed by atoms with Gasteiger partial charge in [-0.25, -0.2) is 4.98 Å². The number of hydrogen-bond acceptors (Lipinski definition) is 2. The molecule has 11 heavy (non-hydrogen) atoms. The van der Waals surface area contributed by atoms with E-state index in [0.29, 0.717) is 0 Å². The maximum Gasteiger partial charge on any atom is 0.168 e. The van der Waals surface area contributed by atoms with E-state index in [1.807, 2.05) is 24.0 Å². The predicted octanol–water partition coefficient (Wildman–Crippen LogP) is 2.31. The van der Waals surface area contributed by atoms with Crippen LogP contribution in [0.15, 0.2) is 17.6 Å². The van der Waals surface area contributed by atoms with Crippen LogP contribution in [-0.4, -0.2) is 14.3 Å². The molecule has 0 fully saturated rings. The number of imidazole rings is 1. The van der Waals surface area contributed by atoms with Gasteiger partial charge in [-0.05, 0) is 0 Å². The van der Waals surface area contributed by atoms with Crippen LogP contribution in [0, 0.1) is 0 Å². The lowest BCUT2D eigenvalue weighted by atomic mass is 10.3. The number of hydrogen-bond donors (Lipinski definition) is 0. The Labute approximate surface area is 72.0 Å². The fourth-order valence-electron chi connectivity index (χ4n) is 0.724. The van der Waals surface area contributed by atoms with Gasteiger partial charge >= 0.3 is 0 Å². The molecule has 2 nitrogen and oxygen atoms in total. The maximum atomic E-state index is 4.23. The van der Waals surface area contributed by atoms with E-state index in [0.717, 1.165) is 5.16 Å². The summed E-state index contributed by atoms with van der Waals surface area (Å²) < 4.78 is 2.29. The molecule has 0 saturated heterocycles. The largest absolute Gasteiger partial charge is 0.329 e. The molecule has 0 unspecified atom stereocenters. The van der Waals surface area contributed by atoms with Crippen LogP contribution in [0.5, 0.6) is 0 Å². The molecule has 0 amide bonds. The van der Waals surface area contributed by atoms with Crippen molar-refractivity contribution < 1.29 is 0 Å². The standard InChI is InChI=1S/C8H14N2S/c1-8(2,3)11-7-9-5-6-10(7)4/h5-6H,1-4H3. The van der Waals surface area contributed by atoms with Crippen molar-refractivity contribution in [3.63, 3.8) is 0 Å². The van der Waals surface area contributed by atoms with Crippen molar-refractivity contribution in [3.05, 3.63) is 12.4 Å². The second kappa shape index (κ2) is 2.89. The number of nitrogens with zero attached hydrogens (tertiary/aromatic N) is 2. The summed E-state index contributed by atoms with van der Waals surface area (Å²) in [5.74, 6) is 0. The summed E-state index contributed by atoms with van der Waals surface area (Å²) in [5, 5.41) is 1.08. The topological polar surface area (TPSA) is 17.8 Å². The molecule has 0 N–H and O–H groups in total. The third-order valence-corrected chi connectivity index (χ3v) is 2.36. The average molecular weight is 170 g/mol. The van der Waals surface area contributed by atoms with E-state index in [9.17, 15) is 0 Å². The van der Waals surface area contributed by atoms with Crippen molar-refractivity contribution in [2.24, 2.45) is 7.05 Å². The third-order valence-electron chi connectivity index (χ3n) is 1.17. The summed E-state index contributed by atoms with van der Waals surface area (Å²) in [7, 11) is 2.01. The second-order valence-electron chi connectivity index (χ2n) is 3.54. The van der Waals surface area contributed by atoms with Crippen molar-refractivity contribution >= 4 is 11.8 Å². The first-order valence-electron chi connectivity index (χ1n) is 3.65. The monoisotopic (exact) mass is 170 g/mol. The van der Waals surface area contributed by atoms with Gasteiger partial charge in [-0.15, -0.1) is 0 Å². The van der Waals surface area contributed by atoms with Crippen molar-refractivity contribution in [2.75, 3.05) is 0 Å². The van der Waals surface area contributed by atoms with Crippen LogP contribution in [0.4, 0.5) is 0 Å². The van der Waals surface area contributed by atoms with E-state index in [2.05, 4.69) is 25.8 Å². The Morgan fingerprint density at radius 1 is 1.45 bits per heavy atom. The second-order valence-corrected chi connectivity index (χ2v) is 5.33. The summed E-state index contributed by atoms with van der Waals surface area (Å²) in [6.07, 6.45) is 3.79. The molecule has 0 atom stereocenters. The molecular weight excluding hydrogens is 156 g/mol. The first-order chi connectivity index (χ1) is 4.99. The Bertz CT molecular complexity index is 234. The Kier molecular flexibility index (Phi) is 2.28. The number of thioether (sulfide) groups is 1.